The highest BCUT2D eigenvalue weighted by molar-refractivity contribution is 5.85. The Morgan fingerprint density at radius 3 is 2.38 bits per heavy atom. The quantitative estimate of drug-likeness (QED) is 0.330. The average Bonchev–Trinajstić information content (AvgIpc) is 2.80. The van der Waals surface area contributed by atoms with E-state index < -0.39 is 6.10 Å². The molecule has 0 heterocycles. The van der Waals surface area contributed by atoms with Gasteiger partial charge >= 0.3 is 0 Å². The molecule has 0 aliphatic heterocycles. The monoisotopic (exact) mass is 464 g/mol. The van der Waals surface area contributed by atoms with Crippen molar-refractivity contribution in [3.05, 3.63) is 60.2 Å². The molecule has 0 saturated carbocycles. The summed E-state index contributed by atoms with van der Waals surface area (Å²) in [6, 6.07) is 17.2. The van der Waals surface area contributed by atoms with E-state index in [1.165, 1.54) is 12.8 Å². The molecule has 7 heteroatoms. The smallest absolute Gasteiger partial charge is 0.257 e. The lowest BCUT2D eigenvalue weighted by Crippen LogP contribution is -2.32. The van der Waals surface area contributed by atoms with Gasteiger partial charge in [0, 0.05) is 13.1 Å². The molecule has 2 aromatic carbocycles. The van der Waals surface area contributed by atoms with Crippen molar-refractivity contribution in [2.75, 3.05) is 32.8 Å². The van der Waals surface area contributed by atoms with Crippen molar-refractivity contribution in [3.63, 3.8) is 0 Å². The Kier molecular flexibility index (Phi) is 15.0. The van der Waals surface area contributed by atoms with Gasteiger partial charge in [-0.1, -0.05) is 56.5 Å². The number of benzene rings is 2. The van der Waals surface area contributed by atoms with Crippen LogP contribution < -0.4 is 20.1 Å². The number of aliphatic hydroxyl groups is 1. The van der Waals surface area contributed by atoms with Crippen molar-refractivity contribution in [1.82, 2.24) is 10.6 Å². The second-order valence-electron chi connectivity index (χ2n) is 7.58. The maximum absolute atomic E-state index is 11.8. The van der Waals surface area contributed by atoms with Crippen molar-refractivity contribution >= 4 is 18.3 Å². The van der Waals surface area contributed by atoms with Crippen LogP contribution in [0.25, 0.3) is 0 Å². The summed E-state index contributed by atoms with van der Waals surface area (Å²) in [5, 5.41) is 16.1. The number of nitrogens with one attached hydrogen (secondary N) is 2. The van der Waals surface area contributed by atoms with Crippen LogP contribution in [0.5, 0.6) is 11.5 Å². The zero-order chi connectivity index (χ0) is 22.2. The highest BCUT2D eigenvalue weighted by atomic mass is 35.5. The van der Waals surface area contributed by atoms with Crippen molar-refractivity contribution in [3.8, 4) is 11.5 Å². The second-order valence-corrected chi connectivity index (χ2v) is 7.58. The Morgan fingerprint density at radius 2 is 1.66 bits per heavy atom. The Balaban J connectivity index is 0.00000512. The van der Waals surface area contributed by atoms with Gasteiger partial charge in [0.1, 0.15) is 24.2 Å². The first-order valence-electron chi connectivity index (χ1n) is 11.2. The van der Waals surface area contributed by atoms with Gasteiger partial charge in [-0.15, -0.1) is 12.4 Å². The molecule has 2 aromatic rings. The summed E-state index contributed by atoms with van der Waals surface area (Å²) in [6.45, 7) is 4.40. The molecule has 2 rings (SSSR count). The number of para-hydroxylation sites is 1. The lowest BCUT2D eigenvalue weighted by Gasteiger charge is -2.13. The molecule has 1 atom stereocenters. The Hall–Kier alpha value is -2.28. The number of amides is 1. The van der Waals surface area contributed by atoms with Crippen molar-refractivity contribution < 1.29 is 19.4 Å². The molecular weight excluding hydrogens is 428 g/mol. The predicted molar refractivity (Wildman–Crippen MR) is 131 cm³/mol. The maximum atomic E-state index is 11.8. The topological polar surface area (TPSA) is 79.8 Å². The number of carbonyl (C=O) groups is 1. The van der Waals surface area contributed by atoms with Crippen LogP contribution in [0.2, 0.25) is 0 Å². The van der Waals surface area contributed by atoms with Gasteiger partial charge < -0.3 is 25.2 Å². The first kappa shape index (κ1) is 27.8. The molecule has 0 aliphatic rings. The zero-order valence-electron chi connectivity index (χ0n) is 18.9. The number of unbranched alkanes of at least 4 members (excludes halogenated alkanes) is 3. The fourth-order valence-corrected chi connectivity index (χ4v) is 3.00. The van der Waals surface area contributed by atoms with Crippen LogP contribution in [0.15, 0.2) is 54.6 Å². The van der Waals surface area contributed by atoms with E-state index in [9.17, 15) is 9.90 Å². The molecule has 0 spiro atoms. The lowest BCUT2D eigenvalue weighted by molar-refractivity contribution is -0.123. The average molecular weight is 465 g/mol. The first-order valence-corrected chi connectivity index (χ1v) is 11.2. The highest BCUT2D eigenvalue weighted by Crippen LogP contribution is 2.12. The number of hydrogen-bond donors (Lipinski definition) is 3. The van der Waals surface area contributed by atoms with E-state index in [1.54, 1.807) is 0 Å². The van der Waals surface area contributed by atoms with Crippen LogP contribution in [0.1, 0.15) is 38.2 Å². The summed E-state index contributed by atoms with van der Waals surface area (Å²) in [6.07, 6.45) is 4.83. The fourth-order valence-electron chi connectivity index (χ4n) is 3.00. The van der Waals surface area contributed by atoms with E-state index in [0.717, 1.165) is 37.1 Å². The Morgan fingerprint density at radius 1 is 0.938 bits per heavy atom. The number of halogens is 1. The molecule has 1 amide bonds. The molecule has 0 radical (unpaired) electrons. The summed E-state index contributed by atoms with van der Waals surface area (Å²) in [4.78, 5) is 11.8. The second kappa shape index (κ2) is 17.3. The van der Waals surface area contributed by atoms with Gasteiger partial charge in [0.2, 0.25) is 0 Å². The third-order valence-electron chi connectivity index (χ3n) is 4.80. The van der Waals surface area contributed by atoms with Crippen LogP contribution in [0.4, 0.5) is 0 Å². The summed E-state index contributed by atoms with van der Waals surface area (Å²) in [5.74, 6) is 1.36. The summed E-state index contributed by atoms with van der Waals surface area (Å²) >= 11 is 0. The van der Waals surface area contributed by atoms with E-state index in [-0.39, 0.29) is 31.5 Å². The minimum Gasteiger partial charge on any atom is -0.491 e. The minimum atomic E-state index is -0.561. The lowest BCUT2D eigenvalue weighted by atomic mass is 10.1. The van der Waals surface area contributed by atoms with E-state index in [4.69, 9.17) is 9.47 Å². The van der Waals surface area contributed by atoms with Crippen LogP contribution in [-0.2, 0) is 11.2 Å². The van der Waals surface area contributed by atoms with Crippen LogP contribution in [0.3, 0.4) is 0 Å². The molecular formula is C25H37ClN2O4. The normalized spacial score (nSPS) is 11.3. The SMILES string of the molecule is CCCCCCNC(=O)COc1ccc(CCNCC(O)COc2ccccc2)cc1.Cl. The predicted octanol–water partition coefficient (Wildman–Crippen LogP) is 3.76. The molecule has 32 heavy (non-hydrogen) atoms. The summed E-state index contributed by atoms with van der Waals surface area (Å²) in [5.41, 5.74) is 1.16. The van der Waals surface area contributed by atoms with Gasteiger partial charge in [-0.2, -0.15) is 0 Å². The number of ether oxygens (including phenoxy) is 2. The van der Waals surface area contributed by atoms with Gasteiger partial charge in [0.15, 0.2) is 6.61 Å². The van der Waals surface area contributed by atoms with Crippen LogP contribution >= 0.6 is 12.4 Å². The van der Waals surface area contributed by atoms with E-state index >= 15 is 0 Å². The summed E-state index contributed by atoms with van der Waals surface area (Å²) in [7, 11) is 0. The molecule has 3 N–H and O–H groups in total. The largest absolute Gasteiger partial charge is 0.491 e. The van der Waals surface area contributed by atoms with Crippen molar-refractivity contribution in [2.45, 2.75) is 45.1 Å². The molecule has 0 saturated heterocycles. The third kappa shape index (κ3) is 12.5. The standard InChI is InChI=1S/C25H36N2O4.ClH/c1-2-3-4-8-16-27-25(29)20-31-24-13-11-21(12-14-24)15-17-26-18-22(28)19-30-23-9-6-5-7-10-23;/h5-7,9-14,22,26,28H,2-4,8,15-20H2,1H3,(H,27,29);1H. The van der Waals surface area contributed by atoms with Gasteiger partial charge in [-0.25, -0.2) is 0 Å². The number of carbonyl (C=O) groups excluding carboxylic acids is 1. The van der Waals surface area contributed by atoms with Gasteiger partial charge in [-0.3, -0.25) is 4.79 Å². The van der Waals surface area contributed by atoms with Gasteiger partial charge in [0.25, 0.3) is 5.91 Å². The molecule has 0 aliphatic carbocycles. The van der Waals surface area contributed by atoms with Crippen LogP contribution in [-0.4, -0.2) is 50.0 Å². The van der Waals surface area contributed by atoms with Crippen molar-refractivity contribution in [1.29, 1.82) is 0 Å². The summed E-state index contributed by atoms with van der Waals surface area (Å²) < 4.78 is 11.1. The molecule has 0 fully saturated rings. The van der Waals surface area contributed by atoms with E-state index in [2.05, 4.69) is 17.6 Å². The van der Waals surface area contributed by atoms with E-state index in [0.29, 0.717) is 18.8 Å². The number of hydrogen-bond acceptors (Lipinski definition) is 5. The van der Waals surface area contributed by atoms with Crippen molar-refractivity contribution in [2.24, 2.45) is 0 Å². The minimum absolute atomic E-state index is 0. The Labute approximate surface area is 198 Å². The molecule has 178 valence electrons. The van der Waals surface area contributed by atoms with E-state index in [1.807, 2.05) is 54.6 Å². The zero-order valence-corrected chi connectivity index (χ0v) is 19.7. The highest BCUT2D eigenvalue weighted by Gasteiger charge is 2.05. The number of rotatable bonds is 16. The van der Waals surface area contributed by atoms with Crippen LogP contribution in [0, 0.1) is 0 Å². The first-order chi connectivity index (χ1) is 15.2. The Bertz CT molecular complexity index is 728. The molecule has 0 bridgehead atoms. The third-order valence-corrected chi connectivity index (χ3v) is 4.80. The number of aliphatic hydroxyl groups excluding tert-OH is 1. The fraction of sp³-hybridized carbons (Fsp3) is 0.480. The maximum Gasteiger partial charge on any atom is 0.257 e. The molecule has 1 unspecified atom stereocenters. The molecule has 0 aromatic heterocycles. The van der Waals surface area contributed by atoms with Gasteiger partial charge in [-0.05, 0) is 49.2 Å². The molecule has 6 nitrogen and oxygen atoms in total. The van der Waals surface area contributed by atoms with Gasteiger partial charge in [0.05, 0.1) is 0 Å².